The standard InChI is InChI=1S/2C7H7NO2.2C4H9.Sn/c2*8-6-4-2-1-3-5(6)7(9)10;2*1-3-4-2;/h2*1-4,8-10H;2*1,3-4H2,2H3;/q;;2*-1;+2/p-4. The first-order valence-electron chi connectivity index (χ1n) is 8.89. The van der Waals surface area contributed by atoms with Crippen molar-refractivity contribution >= 4 is 35.3 Å². The predicted octanol–water partition coefficient (Wildman–Crippen LogP) is 0.989. The van der Waals surface area contributed by atoms with E-state index in [-0.39, 0.29) is 46.5 Å². The Labute approximate surface area is 191 Å². The van der Waals surface area contributed by atoms with Gasteiger partial charge in [-0.3, -0.25) is 0 Å². The first-order chi connectivity index (χ1) is 13.3. The van der Waals surface area contributed by atoms with Crippen LogP contribution in [0.2, 0.25) is 0 Å². The Morgan fingerprint density at radius 1 is 0.690 bits per heavy atom. The first kappa shape index (κ1) is 31.5. The molecule has 0 amide bonds. The van der Waals surface area contributed by atoms with Gasteiger partial charge in [0.05, 0.1) is 11.4 Å². The maximum Gasteiger partial charge on any atom is 2.00 e. The quantitative estimate of drug-likeness (QED) is 0.330. The van der Waals surface area contributed by atoms with E-state index in [4.69, 9.17) is 10.8 Å². The van der Waals surface area contributed by atoms with Gasteiger partial charge in [-0.1, -0.05) is 63.1 Å². The molecule has 2 N–H and O–H groups in total. The summed E-state index contributed by atoms with van der Waals surface area (Å²) in [4.78, 5) is 0. The summed E-state index contributed by atoms with van der Waals surface area (Å²) in [6.45, 7) is 11.4. The zero-order chi connectivity index (χ0) is 21.9. The summed E-state index contributed by atoms with van der Waals surface area (Å²) in [6, 6.07) is 0. The van der Waals surface area contributed by atoms with Crippen LogP contribution >= 0.6 is 0 Å². The van der Waals surface area contributed by atoms with Crippen LogP contribution in [0.3, 0.4) is 0 Å². The number of rotatable bonds is 2. The Morgan fingerprint density at radius 2 is 0.931 bits per heavy atom. The van der Waals surface area contributed by atoms with Crippen LogP contribution in [0.5, 0.6) is 0 Å². The summed E-state index contributed by atoms with van der Waals surface area (Å²) in [5, 5.41) is 54.9. The molecule has 0 spiro atoms. The van der Waals surface area contributed by atoms with Gasteiger partial charge >= 0.3 is 23.9 Å². The van der Waals surface area contributed by atoms with E-state index in [0.29, 0.717) is 0 Å². The fraction of sp³-hybridized carbons (Fsp3) is 0.273. The molecule has 0 aromatic carbocycles. The third kappa shape index (κ3) is 16.4. The minimum Gasteiger partial charge on any atom is -0.883 e. The van der Waals surface area contributed by atoms with Gasteiger partial charge in [0.25, 0.3) is 0 Å². The summed E-state index contributed by atoms with van der Waals surface area (Å²) < 4.78 is 0. The number of allylic oxidation sites excluding steroid dienone is 10. The van der Waals surface area contributed by atoms with Gasteiger partial charge in [0.15, 0.2) is 0 Å². The molecule has 0 bridgehead atoms. The van der Waals surface area contributed by atoms with E-state index in [0.717, 1.165) is 12.8 Å². The van der Waals surface area contributed by atoms with Gasteiger partial charge in [0.2, 0.25) is 0 Å². The Hall–Kier alpha value is -2.22. The zero-order valence-corrected chi connectivity index (χ0v) is 19.8. The molecule has 0 saturated heterocycles. The van der Waals surface area contributed by atoms with Gasteiger partial charge in [0.1, 0.15) is 0 Å². The smallest absolute Gasteiger partial charge is 0.883 e. The van der Waals surface area contributed by atoms with E-state index in [9.17, 15) is 20.4 Å². The van der Waals surface area contributed by atoms with Crippen molar-refractivity contribution in [1.82, 2.24) is 0 Å². The molecular weight excluding hydrogens is 475 g/mol. The third-order valence-electron chi connectivity index (χ3n) is 3.00. The van der Waals surface area contributed by atoms with E-state index in [1.54, 1.807) is 24.3 Å². The molecule has 0 heterocycles. The summed E-state index contributed by atoms with van der Waals surface area (Å²) in [7, 11) is 0. The maximum atomic E-state index is 10.2. The minimum atomic E-state index is -1.30. The van der Waals surface area contributed by atoms with E-state index in [1.807, 2.05) is 0 Å². The van der Waals surface area contributed by atoms with Gasteiger partial charge in [-0.25, -0.2) is 0 Å². The van der Waals surface area contributed by atoms with Gasteiger partial charge in [-0.05, 0) is 23.3 Å². The molecule has 6 nitrogen and oxygen atoms in total. The van der Waals surface area contributed by atoms with Crippen LogP contribution in [0.4, 0.5) is 0 Å². The van der Waals surface area contributed by atoms with Crippen LogP contribution < -0.4 is 20.4 Å². The van der Waals surface area contributed by atoms with Crippen LogP contribution in [0.25, 0.3) is 0 Å². The summed E-state index contributed by atoms with van der Waals surface area (Å²) in [5.74, 6) is -2.60. The predicted molar refractivity (Wildman–Crippen MR) is 112 cm³/mol. The molecule has 2 rings (SSSR count). The molecule has 2 radical (unpaired) electrons. The molecule has 0 fully saturated rings. The third-order valence-corrected chi connectivity index (χ3v) is 3.00. The Kier molecular flexibility index (Phi) is 22.3. The second kappa shape index (κ2) is 20.5. The average molecular weight is 503 g/mol. The molecule has 7 heteroatoms. The SMILES string of the molecule is N=C1C=CC=CC1=C([O-])[O-].N=C1C=CC=CC1=C([O-])[O-].[CH2-]CCC.[CH2-]CCC.[Sn+2]. The van der Waals surface area contributed by atoms with Crippen molar-refractivity contribution in [3.05, 3.63) is 85.5 Å². The second-order valence-electron chi connectivity index (χ2n) is 5.37. The zero-order valence-electron chi connectivity index (χ0n) is 17.0. The van der Waals surface area contributed by atoms with Crippen molar-refractivity contribution in [1.29, 1.82) is 10.8 Å². The maximum absolute atomic E-state index is 10.2. The van der Waals surface area contributed by atoms with Gasteiger partial charge in [0, 0.05) is 0 Å². The molecule has 2 aliphatic rings. The number of hydrogen-bond acceptors (Lipinski definition) is 6. The van der Waals surface area contributed by atoms with Crippen LogP contribution in [0.15, 0.2) is 71.6 Å². The molecule has 0 atom stereocenters. The Bertz CT molecular complexity index is 602. The molecule has 29 heavy (non-hydrogen) atoms. The summed E-state index contributed by atoms with van der Waals surface area (Å²) in [5.41, 5.74) is -0.157. The average Bonchev–Trinajstić information content (AvgIpc) is 2.69. The fourth-order valence-electron chi connectivity index (χ4n) is 1.32. The molecule has 0 aromatic rings. The number of unbranched alkanes of at least 4 members (excludes halogenated alkanes) is 2. The van der Waals surface area contributed by atoms with Crippen molar-refractivity contribution in [3.63, 3.8) is 0 Å². The van der Waals surface area contributed by atoms with Crippen molar-refractivity contribution in [2.75, 3.05) is 0 Å². The molecular formula is C22H28N2O4Sn-4. The van der Waals surface area contributed by atoms with E-state index in [2.05, 4.69) is 27.7 Å². The van der Waals surface area contributed by atoms with Crippen LogP contribution in [-0.4, -0.2) is 35.3 Å². The molecule has 0 aromatic heterocycles. The molecule has 0 unspecified atom stereocenters. The van der Waals surface area contributed by atoms with Crippen LogP contribution in [-0.2, 0) is 0 Å². The summed E-state index contributed by atoms with van der Waals surface area (Å²) in [6.07, 6.45) is 16.4. The number of nitrogens with one attached hydrogen (secondary N) is 2. The largest absolute Gasteiger partial charge is 2.00 e. The Balaban J connectivity index is -0.000000336. The van der Waals surface area contributed by atoms with Crippen molar-refractivity contribution < 1.29 is 20.4 Å². The van der Waals surface area contributed by atoms with Crippen molar-refractivity contribution in [2.45, 2.75) is 39.5 Å². The topological polar surface area (TPSA) is 140 Å². The van der Waals surface area contributed by atoms with Gasteiger partial charge in [-0.15, -0.1) is 0 Å². The number of hydrogen-bond donors (Lipinski definition) is 2. The van der Waals surface area contributed by atoms with Crippen molar-refractivity contribution in [3.8, 4) is 0 Å². The molecule has 158 valence electrons. The molecule has 0 saturated carbocycles. The molecule has 0 aliphatic heterocycles. The monoisotopic (exact) mass is 504 g/mol. The Morgan fingerprint density at radius 3 is 1.07 bits per heavy atom. The van der Waals surface area contributed by atoms with Gasteiger partial charge in [-0.2, -0.15) is 24.7 Å². The van der Waals surface area contributed by atoms with E-state index < -0.39 is 11.9 Å². The van der Waals surface area contributed by atoms with E-state index in [1.165, 1.54) is 37.1 Å². The van der Waals surface area contributed by atoms with E-state index >= 15 is 0 Å². The van der Waals surface area contributed by atoms with Gasteiger partial charge < -0.3 is 45.1 Å². The normalized spacial score (nSPS) is 13.1. The van der Waals surface area contributed by atoms with Crippen molar-refractivity contribution in [2.24, 2.45) is 0 Å². The second-order valence-corrected chi connectivity index (χ2v) is 5.37. The van der Waals surface area contributed by atoms with Crippen LogP contribution in [0.1, 0.15) is 39.5 Å². The minimum absolute atomic E-state index is 0. The van der Waals surface area contributed by atoms with Crippen LogP contribution in [0, 0.1) is 24.7 Å². The molecule has 2 aliphatic carbocycles. The summed E-state index contributed by atoms with van der Waals surface area (Å²) >= 11 is 0. The first-order valence-corrected chi connectivity index (χ1v) is 8.89. The fourth-order valence-corrected chi connectivity index (χ4v) is 1.32.